The summed E-state index contributed by atoms with van der Waals surface area (Å²) >= 11 is 0. The number of nitrogens with zero attached hydrogens (tertiary/aromatic N) is 3. The van der Waals surface area contributed by atoms with Crippen molar-refractivity contribution in [2.75, 3.05) is 6.54 Å². The highest BCUT2D eigenvalue weighted by Gasteiger charge is 2.30. The number of alkyl halides is 3. The van der Waals surface area contributed by atoms with E-state index >= 15 is 0 Å². The summed E-state index contributed by atoms with van der Waals surface area (Å²) in [6.07, 6.45) is 1.42. The number of unbranched alkanes of at least 4 members (excludes halogenated alkanes) is 2. The van der Waals surface area contributed by atoms with Gasteiger partial charge in [-0.2, -0.15) is 17.5 Å². The normalized spacial score (nSPS) is 12.5. The monoisotopic (exact) mass is 515 g/mol. The van der Waals surface area contributed by atoms with Gasteiger partial charge in [-0.25, -0.2) is 8.42 Å². The summed E-state index contributed by atoms with van der Waals surface area (Å²) in [7, 11) is -3.89. The summed E-state index contributed by atoms with van der Waals surface area (Å²) in [5, 5.41) is 0.736. The van der Waals surface area contributed by atoms with Crippen LogP contribution in [0.15, 0.2) is 84.0 Å². The Labute approximate surface area is 209 Å². The molecule has 0 radical (unpaired) electrons. The number of halogens is 3. The molecule has 5 nitrogen and oxygen atoms in total. The summed E-state index contributed by atoms with van der Waals surface area (Å²) in [6.45, 7) is 2.67. The quantitative estimate of drug-likeness (QED) is 0.227. The molecule has 0 saturated carbocycles. The van der Waals surface area contributed by atoms with Gasteiger partial charge in [0.15, 0.2) is 0 Å². The maximum Gasteiger partial charge on any atom is 0.416 e. The number of hydrogen-bond donors (Lipinski definition) is 0. The number of para-hydroxylation sites is 1. The van der Waals surface area contributed by atoms with Gasteiger partial charge in [0, 0.05) is 36.6 Å². The Kier molecular flexibility index (Phi) is 7.80. The van der Waals surface area contributed by atoms with Gasteiger partial charge in [0.05, 0.1) is 17.6 Å². The van der Waals surface area contributed by atoms with E-state index in [1.807, 2.05) is 19.1 Å². The zero-order valence-electron chi connectivity index (χ0n) is 19.9. The lowest BCUT2D eigenvalue weighted by atomic mass is 10.1. The molecule has 0 N–H and O–H groups in total. The molecule has 4 aromatic rings. The molecule has 0 aliphatic heterocycles. The van der Waals surface area contributed by atoms with Crippen LogP contribution in [-0.4, -0.2) is 28.8 Å². The van der Waals surface area contributed by atoms with E-state index < -0.39 is 21.8 Å². The Balaban J connectivity index is 1.65. The highest BCUT2D eigenvalue weighted by molar-refractivity contribution is 7.89. The first-order chi connectivity index (χ1) is 17.2. The van der Waals surface area contributed by atoms with Gasteiger partial charge >= 0.3 is 6.18 Å². The van der Waals surface area contributed by atoms with E-state index in [1.54, 1.807) is 53.4 Å². The molecule has 0 fully saturated rings. The van der Waals surface area contributed by atoms with Crippen LogP contribution in [0.25, 0.3) is 10.9 Å². The predicted octanol–water partition coefficient (Wildman–Crippen LogP) is 6.48. The molecule has 4 rings (SSSR count). The van der Waals surface area contributed by atoms with Crippen molar-refractivity contribution in [2.24, 2.45) is 0 Å². The second-order valence-corrected chi connectivity index (χ2v) is 10.6. The molecule has 9 heteroatoms. The molecule has 0 amide bonds. The van der Waals surface area contributed by atoms with Crippen LogP contribution < -0.4 is 0 Å². The van der Waals surface area contributed by atoms with Crippen molar-refractivity contribution >= 4 is 20.9 Å². The highest BCUT2D eigenvalue weighted by atomic mass is 32.2. The fourth-order valence-corrected chi connectivity index (χ4v) is 5.83. The van der Waals surface area contributed by atoms with E-state index in [1.165, 1.54) is 10.4 Å². The Morgan fingerprint density at radius 3 is 2.53 bits per heavy atom. The third-order valence-electron chi connectivity index (χ3n) is 6.09. The minimum Gasteiger partial charge on any atom is -0.346 e. The van der Waals surface area contributed by atoms with Crippen LogP contribution >= 0.6 is 0 Å². The lowest BCUT2D eigenvalue weighted by Gasteiger charge is -2.24. The van der Waals surface area contributed by atoms with Crippen LogP contribution in [-0.2, 0) is 29.3 Å². The van der Waals surface area contributed by atoms with Crippen molar-refractivity contribution in [1.29, 1.82) is 0 Å². The summed E-state index contributed by atoms with van der Waals surface area (Å²) in [5.41, 5.74) is 0.891. The third kappa shape index (κ3) is 5.79. The molecule has 0 bridgehead atoms. The number of hydrogen-bond acceptors (Lipinski definition) is 3. The second-order valence-electron chi connectivity index (χ2n) is 8.70. The van der Waals surface area contributed by atoms with Gasteiger partial charge in [-0.05, 0) is 48.4 Å². The van der Waals surface area contributed by atoms with Crippen LogP contribution in [0.3, 0.4) is 0 Å². The van der Waals surface area contributed by atoms with Crippen molar-refractivity contribution in [2.45, 2.75) is 50.3 Å². The first-order valence-corrected chi connectivity index (χ1v) is 13.3. The summed E-state index contributed by atoms with van der Waals surface area (Å²) in [5.74, 6) is 0. The van der Waals surface area contributed by atoms with E-state index in [4.69, 9.17) is 0 Å². The topological polar surface area (TPSA) is 55.2 Å². The van der Waals surface area contributed by atoms with Crippen LogP contribution in [0, 0.1) is 0 Å². The summed E-state index contributed by atoms with van der Waals surface area (Å²) < 4.78 is 70.4. The maximum atomic E-state index is 13.8. The van der Waals surface area contributed by atoms with Crippen molar-refractivity contribution in [3.63, 3.8) is 0 Å². The smallest absolute Gasteiger partial charge is 0.346 e. The minimum absolute atomic E-state index is 0.0984. The van der Waals surface area contributed by atoms with E-state index in [0.717, 1.165) is 30.4 Å². The molecule has 2 heterocycles. The Bertz CT molecular complexity index is 1430. The van der Waals surface area contributed by atoms with E-state index in [9.17, 15) is 21.6 Å². The van der Waals surface area contributed by atoms with Crippen molar-refractivity contribution in [3.05, 3.63) is 95.9 Å². The molecule has 0 aliphatic carbocycles. The fraction of sp³-hybridized carbons (Fsp3) is 0.296. The average Bonchev–Trinajstić information content (AvgIpc) is 3.29. The molecular weight excluding hydrogens is 487 g/mol. The molecule has 0 spiro atoms. The number of benzene rings is 2. The zero-order valence-corrected chi connectivity index (χ0v) is 20.8. The molecule has 36 heavy (non-hydrogen) atoms. The first-order valence-electron chi connectivity index (χ1n) is 11.8. The average molecular weight is 516 g/mol. The van der Waals surface area contributed by atoms with Crippen LogP contribution in [0.4, 0.5) is 13.2 Å². The summed E-state index contributed by atoms with van der Waals surface area (Å²) in [6, 6.07) is 17.5. The molecule has 190 valence electrons. The molecule has 0 atom stereocenters. The SMILES string of the molecule is CCCCCN(Cc1cccn1Cc1cccc(C(F)(F)F)c1)S(=O)(=O)c1cccc2cccnc12. The van der Waals surface area contributed by atoms with Crippen molar-refractivity contribution < 1.29 is 21.6 Å². The van der Waals surface area contributed by atoms with Crippen LogP contribution in [0.1, 0.15) is 43.0 Å². The van der Waals surface area contributed by atoms with Crippen molar-refractivity contribution in [3.8, 4) is 0 Å². The molecule has 0 aliphatic rings. The number of fused-ring (bicyclic) bond motifs is 1. The predicted molar refractivity (Wildman–Crippen MR) is 134 cm³/mol. The Morgan fingerprint density at radius 1 is 0.972 bits per heavy atom. The number of pyridine rings is 1. The lowest BCUT2D eigenvalue weighted by Crippen LogP contribution is -2.32. The largest absolute Gasteiger partial charge is 0.416 e. The van der Waals surface area contributed by atoms with Gasteiger partial charge in [-0.1, -0.05) is 50.1 Å². The zero-order chi connectivity index (χ0) is 25.8. The molecule has 2 aromatic heterocycles. The Morgan fingerprint density at radius 2 is 1.75 bits per heavy atom. The van der Waals surface area contributed by atoms with Crippen molar-refractivity contribution in [1.82, 2.24) is 13.9 Å². The fourth-order valence-electron chi connectivity index (χ4n) is 4.22. The molecule has 0 unspecified atom stereocenters. The van der Waals surface area contributed by atoms with E-state index in [-0.39, 0.29) is 18.0 Å². The van der Waals surface area contributed by atoms with Gasteiger partial charge in [0.1, 0.15) is 4.90 Å². The number of aromatic nitrogens is 2. The Hall–Kier alpha value is -3.17. The van der Waals surface area contributed by atoms with Gasteiger partial charge in [-0.3, -0.25) is 4.98 Å². The van der Waals surface area contributed by atoms with E-state index in [2.05, 4.69) is 4.98 Å². The number of sulfonamides is 1. The van der Waals surface area contributed by atoms with Gasteiger partial charge in [0.25, 0.3) is 0 Å². The first kappa shape index (κ1) is 25.9. The van der Waals surface area contributed by atoms with Crippen LogP contribution in [0.5, 0.6) is 0 Å². The third-order valence-corrected chi connectivity index (χ3v) is 7.97. The molecular formula is C27H28F3N3O2S. The standard InChI is InChI=1S/C27H28F3N3O2S/c1-2-3-4-17-33(36(34,35)25-14-6-10-22-11-7-15-31-26(22)25)20-24-13-8-16-32(24)19-21-9-5-12-23(18-21)27(28,29)30/h5-16,18H,2-4,17,19-20H2,1H3. The van der Waals surface area contributed by atoms with E-state index in [0.29, 0.717) is 29.7 Å². The second kappa shape index (κ2) is 10.8. The molecule has 2 aromatic carbocycles. The number of rotatable bonds is 10. The van der Waals surface area contributed by atoms with Gasteiger partial charge < -0.3 is 4.57 Å². The van der Waals surface area contributed by atoms with Crippen LogP contribution in [0.2, 0.25) is 0 Å². The van der Waals surface area contributed by atoms with Gasteiger partial charge in [0.2, 0.25) is 10.0 Å². The maximum absolute atomic E-state index is 13.8. The van der Waals surface area contributed by atoms with Gasteiger partial charge in [-0.15, -0.1) is 0 Å². The highest BCUT2D eigenvalue weighted by Crippen LogP contribution is 2.30. The summed E-state index contributed by atoms with van der Waals surface area (Å²) in [4.78, 5) is 4.47. The minimum atomic E-state index is -4.42. The lowest BCUT2D eigenvalue weighted by molar-refractivity contribution is -0.137. The molecule has 0 saturated heterocycles.